The molecule has 1 saturated heterocycles. The molecule has 23 heavy (non-hydrogen) atoms. The lowest BCUT2D eigenvalue weighted by molar-refractivity contribution is -0.122. The number of carbonyl (C=O) groups is 1. The molecule has 1 aromatic carbocycles. The van der Waals surface area contributed by atoms with Gasteiger partial charge in [0.05, 0.1) is 11.2 Å². The lowest BCUT2D eigenvalue weighted by Gasteiger charge is -2.32. The maximum absolute atomic E-state index is 14.2. The van der Waals surface area contributed by atoms with Crippen molar-refractivity contribution >= 4 is 18.5 Å². The summed E-state index contributed by atoms with van der Waals surface area (Å²) in [7, 11) is -0.737. The first-order chi connectivity index (χ1) is 10.7. The van der Waals surface area contributed by atoms with Crippen LogP contribution in [-0.2, 0) is 20.6 Å². The summed E-state index contributed by atoms with van der Waals surface area (Å²) in [6.07, 6.45) is 1.93. The van der Waals surface area contributed by atoms with E-state index in [2.05, 4.69) is 5.32 Å². The SMILES string of the molecule is CC1(C)OB(c2cc(CNC(=O)C3CC3)ccc2F)OC1(C)C. The van der Waals surface area contributed by atoms with Gasteiger partial charge in [0.1, 0.15) is 5.82 Å². The van der Waals surface area contributed by atoms with Crippen molar-refractivity contribution in [2.45, 2.75) is 58.3 Å². The van der Waals surface area contributed by atoms with Crippen molar-refractivity contribution in [1.82, 2.24) is 5.32 Å². The average molecular weight is 319 g/mol. The minimum absolute atomic E-state index is 0.0755. The van der Waals surface area contributed by atoms with Crippen LogP contribution in [0.3, 0.4) is 0 Å². The van der Waals surface area contributed by atoms with E-state index in [0.717, 1.165) is 18.4 Å². The number of amides is 1. The first-order valence-corrected chi connectivity index (χ1v) is 8.11. The zero-order valence-electron chi connectivity index (χ0n) is 14.1. The summed E-state index contributed by atoms with van der Waals surface area (Å²) < 4.78 is 26.0. The normalized spacial score (nSPS) is 22.2. The molecular formula is C17H23BFNO3. The van der Waals surface area contributed by atoms with E-state index in [4.69, 9.17) is 9.31 Å². The van der Waals surface area contributed by atoms with E-state index in [1.54, 1.807) is 12.1 Å². The third kappa shape index (κ3) is 3.28. The Morgan fingerprint density at radius 2 is 1.87 bits per heavy atom. The second-order valence-corrected chi connectivity index (χ2v) is 7.44. The fourth-order valence-electron chi connectivity index (χ4n) is 2.53. The fraction of sp³-hybridized carbons (Fsp3) is 0.588. The summed E-state index contributed by atoms with van der Waals surface area (Å²) in [5.74, 6) is -0.120. The van der Waals surface area contributed by atoms with Crippen LogP contribution in [0.5, 0.6) is 0 Å². The van der Waals surface area contributed by atoms with E-state index in [-0.39, 0.29) is 17.6 Å². The number of hydrogen-bond donors (Lipinski definition) is 1. The molecule has 0 atom stereocenters. The van der Waals surface area contributed by atoms with Gasteiger partial charge in [-0.1, -0.05) is 12.1 Å². The van der Waals surface area contributed by atoms with Gasteiger partial charge in [-0.15, -0.1) is 0 Å². The molecular weight excluding hydrogens is 296 g/mol. The summed E-state index contributed by atoms with van der Waals surface area (Å²) >= 11 is 0. The van der Waals surface area contributed by atoms with Gasteiger partial charge in [-0.3, -0.25) is 4.79 Å². The van der Waals surface area contributed by atoms with E-state index in [0.29, 0.717) is 12.0 Å². The molecule has 0 spiro atoms. The molecule has 0 radical (unpaired) electrons. The van der Waals surface area contributed by atoms with Crippen LogP contribution in [0.4, 0.5) is 4.39 Å². The van der Waals surface area contributed by atoms with E-state index in [1.807, 2.05) is 27.7 Å². The van der Waals surface area contributed by atoms with Gasteiger partial charge in [-0.25, -0.2) is 4.39 Å². The lowest BCUT2D eigenvalue weighted by Crippen LogP contribution is -2.41. The fourth-order valence-corrected chi connectivity index (χ4v) is 2.53. The predicted molar refractivity (Wildman–Crippen MR) is 86.7 cm³/mol. The summed E-state index contributed by atoms with van der Waals surface area (Å²) in [5.41, 5.74) is 0.188. The molecule has 3 rings (SSSR count). The highest BCUT2D eigenvalue weighted by atomic mass is 19.1. The van der Waals surface area contributed by atoms with Crippen molar-refractivity contribution < 1.29 is 18.5 Å². The Hall–Kier alpha value is -1.40. The second-order valence-electron chi connectivity index (χ2n) is 7.44. The molecule has 0 unspecified atom stereocenters. The first-order valence-electron chi connectivity index (χ1n) is 8.11. The molecule has 0 aromatic heterocycles. The van der Waals surface area contributed by atoms with Gasteiger partial charge in [0.25, 0.3) is 0 Å². The minimum atomic E-state index is -0.737. The molecule has 2 aliphatic rings. The zero-order valence-corrected chi connectivity index (χ0v) is 14.1. The Morgan fingerprint density at radius 1 is 1.26 bits per heavy atom. The van der Waals surface area contributed by atoms with Crippen LogP contribution >= 0.6 is 0 Å². The maximum Gasteiger partial charge on any atom is 0.497 e. The van der Waals surface area contributed by atoms with Gasteiger partial charge < -0.3 is 14.6 Å². The molecule has 1 aromatic rings. The van der Waals surface area contributed by atoms with Crippen molar-refractivity contribution in [3.63, 3.8) is 0 Å². The summed E-state index contributed by atoms with van der Waals surface area (Å²) in [6.45, 7) is 8.13. The molecule has 6 heteroatoms. The molecule has 1 heterocycles. The average Bonchev–Trinajstić information content (AvgIpc) is 3.26. The lowest BCUT2D eigenvalue weighted by atomic mass is 9.78. The maximum atomic E-state index is 14.2. The van der Waals surface area contributed by atoms with Crippen LogP contribution in [-0.4, -0.2) is 24.2 Å². The smallest absolute Gasteiger partial charge is 0.399 e. The van der Waals surface area contributed by atoms with Crippen LogP contribution in [0.15, 0.2) is 18.2 Å². The third-order valence-electron chi connectivity index (χ3n) is 4.98. The van der Waals surface area contributed by atoms with Crippen molar-refractivity contribution in [3.05, 3.63) is 29.6 Å². The van der Waals surface area contributed by atoms with Crippen molar-refractivity contribution in [3.8, 4) is 0 Å². The van der Waals surface area contributed by atoms with E-state index in [1.165, 1.54) is 6.07 Å². The van der Waals surface area contributed by atoms with Gasteiger partial charge in [-0.05, 0) is 52.2 Å². The molecule has 1 N–H and O–H groups in total. The molecule has 124 valence electrons. The molecule has 0 bridgehead atoms. The Morgan fingerprint density at radius 3 is 2.43 bits per heavy atom. The zero-order chi connectivity index (χ0) is 16.8. The quantitative estimate of drug-likeness (QED) is 0.865. The molecule has 1 aliphatic heterocycles. The standard InChI is InChI=1S/C17H23BFNO3/c1-16(2)17(3,4)23-18(22-16)13-9-11(5-8-14(13)19)10-20-15(21)12-6-7-12/h5,8-9,12H,6-7,10H2,1-4H3,(H,20,21). The molecule has 4 nitrogen and oxygen atoms in total. The second kappa shape index (κ2) is 5.60. The van der Waals surface area contributed by atoms with Crippen molar-refractivity contribution in [1.29, 1.82) is 0 Å². The highest BCUT2D eigenvalue weighted by Crippen LogP contribution is 2.36. The van der Waals surface area contributed by atoms with Crippen LogP contribution < -0.4 is 10.8 Å². The van der Waals surface area contributed by atoms with Gasteiger partial charge in [-0.2, -0.15) is 0 Å². The third-order valence-corrected chi connectivity index (χ3v) is 4.98. The van der Waals surface area contributed by atoms with Gasteiger partial charge in [0, 0.05) is 17.9 Å². The van der Waals surface area contributed by atoms with Crippen molar-refractivity contribution in [2.24, 2.45) is 5.92 Å². The number of carbonyl (C=O) groups excluding carboxylic acids is 1. The van der Waals surface area contributed by atoms with Crippen LogP contribution in [0, 0.1) is 11.7 Å². The topological polar surface area (TPSA) is 47.6 Å². The number of halogens is 1. The number of nitrogens with one attached hydrogen (secondary N) is 1. The minimum Gasteiger partial charge on any atom is -0.399 e. The Kier molecular flexibility index (Phi) is 4.01. The highest BCUT2D eigenvalue weighted by Gasteiger charge is 2.52. The number of benzene rings is 1. The van der Waals surface area contributed by atoms with Crippen LogP contribution in [0.1, 0.15) is 46.1 Å². The summed E-state index contributed by atoms with van der Waals surface area (Å²) in [4.78, 5) is 11.7. The Balaban J connectivity index is 1.74. The molecule has 2 fully saturated rings. The van der Waals surface area contributed by atoms with Crippen LogP contribution in [0.25, 0.3) is 0 Å². The van der Waals surface area contributed by atoms with E-state index < -0.39 is 18.3 Å². The summed E-state index contributed by atoms with van der Waals surface area (Å²) in [6, 6.07) is 4.79. The summed E-state index contributed by atoms with van der Waals surface area (Å²) in [5, 5.41) is 2.89. The first kappa shape index (κ1) is 16.5. The molecule has 1 saturated carbocycles. The number of rotatable bonds is 4. The largest absolute Gasteiger partial charge is 0.497 e. The van der Waals surface area contributed by atoms with Gasteiger partial charge >= 0.3 is 7.12 Å². The molecule has 1 aliphatic carbocycles. The van der Waals surface area contributed by atoms with Crippen molar-refractivity contribution in [2.75, 3.05) is 0 Å². The van der Waals surface area contributed by atoms with Gasteiger partial charge in [0.2, 0.25) is 5.91 Å². The van der Waals surface area contributed by atoms with E-state index in [9.17, 15) is 9.18 Å². The predicted octanol–water partition coefficient (Wildman–Crippen LogP) is 2.15. The molecule has 1 amide bonds. The highest BCUT2D eigenvalue weighted by molar-refractivity contribution is 6.62. The van der Waals surface area contributed by atoms with Crippen LogP contribution in [0.2, 0.25) is 0 Å². The van der Waals surface area contributed by atoms with E-state index >= 15 is 0 Å². The monoisotopic (exact) mass is 319 g/mol. The van der Waals surface area contributed by atoms with Gasteiger partial charge in [0.15, 0.2) is 0 Å². The number of hydrogen-bond acceptors (Lipinski definition) is 3. The Labute approximate surface area is 136 Å². The Bertz CT molecular complexity index is 612.